The van der Waals surface area contributed by atoms with Crippen LogP contribution in [0.4, 0.5) is 5.69 Å². The third-order valence-corrected chi connectivity index (χ3v) is 2.78. The molecule has 1 heterocycles. The van der Waals surface area contributed by atoms with Crippen LogP contribution in [0.3, 0.4) is 0 Å². The fourth-order valence-electron chi connectivity index (χ4n) is 1.60. The monoisotopic (exact) mass is 190 g/mol. The molecular formula is C12H18N2. The van der Waals surface area contributed by atoms with Gasteiger partial charge in [0.15, 0.2) is 0 Å². The van der Waals surface area contributed by atoms with Crippen molar-refractivity contribution in [2.45, 2.75) is 44.9 Å². The van der Waals surface area contributed by atoms with Crippen LogP contribution in [0.1, 0.15) is 50.8 Å². The number of rotatable bonds is 1. The van der Waals surface area contributed by atoms with Gasteiger partial charge >= 0.3 is 0 Å². The second kappa shape index (κ2) is 2.97. The maximum absolute atomic E-state index is 6.00. The fraction of sp³-hybridized carbons (Fsp3) is 0.583. The molecule has 76 valence electrons. The predicted octanol–water partition coefficient (Wildman–Crippen LogP) is 2.84. The molecule has 2 nitrogen and oxygen atoms in total. The van der Waals surface area contributed by atoms with E-state index in [0.717, 1.165) is 11.4 Å². The highest BCUT2D eigenvalue weighted by Crippen LogP contribution is 2.42. The van der Waals surface area contributed by atoms with Crippen molar-refractivity contribution >= 4 is 5.69 Å². The van der Waals surface area contributed by atoms with Gasteiger partial charge in [0.25, 0.3) is 0 Å². The molecule has 1 saturated carbocycles. The molecule has 0 saturated heterocycles. The van der Waals surface area contributed by atoms with Gasteiger partial charge in [0, 0.05) is 12.1 Å². The van der Waals surface area contributed by atoms with Crippen molar-refractivity contribution in [3.63, 3.8) is 0 Å². The summed E-state index contributed by atoms with van der Waals surface area (Å²) in [6.07, 6.45) is 4.49. The number of pyridine rings is 1. The molecule has 0 radical (unpaired) electrons. The minimum atomic E-state index is 0.142. The third kappa shape index (κ3) is 1.74. The van der Waals surface area contributed by atoms with Crippen molar-refractivity contribution in [1.29, 1.82) is 0 Å². The maximum atomic E-state index is 6.00. The van der Waals surface area contributed by atoms with Gasteiger partial charge in [0.1, 0.15) is 0 Å². The normalized spacial score (nSPS) is 17.1. The Balaban J connectivity index is 2.35. The van der Waals surface area contributed by atoms with Gasteiger partial charge in [-0.25, -0.2) is 0 Å². The first-order chi connectivity index (χ1) is 6.48. The highest BCUT2D eigenvalue weighted by molar-refractivity contribution is 5.49. The summed E-state index contributed by atoms with van der Waals surface area (Å²) in [5, 5.41) is 0. The molecule has 0 aliphatic heterocycles. The van der Waals surface area contributed by atoms with E-state index in [2.05, 4.69) is 31.8 Å². The Morgan fingerprint density at radius 1 is 1.36 bits per heavy atom. The van der Waals surface area contributed by atoms with E-state index < -0.39 is 0 Å². The zero-order chi connectivity index (χ0) is 10.3. The molecule has 0 bridgehead atoms. The number of hydrogen-bond acceptors (Lipinski definition) is 2. The second-order valence-electron chi connectivity index (χ2n) is 5.22. The number of nitrogens with zero attached hydrogens (tertiary/aromatic N) is 1. The lowest BCUT2D eigenvalue weighted by atomic mass is 9.88. The first-order valence-electron chi connectivity index (χ1n) is 5.24. The molecule has 1 aliphatic rings. The van der Waals surface area contributed by atoms with Gasteiger partial charge in [-0.15, -0.1) is 0 Å². The highest BCUT2D eigenvalue weighted by Gasteiger charge is 2.27. The first kappa shape index (κ1) is 9.50. The Bertz CT molecular complexity index is 346. The van der Waals surface area contributed by atoms with Crippen LogP contribution >= 0.6 is 0 Å². The summed E-state index contributed by atoms with van der Waals surface area (Å²) in [4.78, 5) is 4.48. The van der Waals surface area contributed by atoms with Crippen LogP contribution in [0.2, 0.25) is 0 Å². The summed E-state index contributed by atoms with van der Waals surface area (Å²) in [5.74, 6) is 0.643. The molecule has 14 heavy (non-hydrogen) atoms. The molecule has 1 aromatic heterocycles. The van der Waals surface area contributed by atoms with Crippen molar-refractivity contribution in [3.8, 4) is 0 Å². The maximum Gasteiger partial charge on any atom is 0.0663 e. The van der Waals surface area contributed by atoms with E-state index in [-0.39, 0.29) is 5.41 Å². The fourth-order valence-corrected chi connectivity index (χ4v) is 1.60. The number of hydrogen-bond donors (Lipinski definition) is 1. The van der Waals surface area contributed by atoms with Gasteiger partial charge in [-0.05, 0) is 29.9 Å². The van der Waals surface area contributed by atoms with Crippen molar-refractivity contribution in [3.05, 3.63) is 23.5 Å². The molecule has 0 unspecified atom stereocenters. The average molecular weight is 190 g/mol. The third-order valence-electron chi connectivity index (χ3n) is 2.78. The van der Waals surface area contributed by atoms with E-state index in [1.807, 2.05) is 6.20 Å². The lowest BCUT2D eigenvalue weighted by molar-refractivity contribution is 0.587. The molecule has 0 atom stereocenters. The van der Waals surface area contributed by atoms with Crippen molar-refractivity contribution in [2.24, 2.45) is 0 Å². The zero-order valence-electron chi connectivity index (χ0n) is 9.17. The van der Waals surface area contributed by atoms with E-state index >= 15 is 0 Å². The standard InChI is InChI=1S/C12H18N2/c1-12(2,3)9-6-10(13)11(14-7-9)8-4-5-8/h6-8H,4-5,13H2,1-3H3. The number of aromatic nitrogens is 1. The van der Waals surface area contributed by atoms with Crippen molar-refractivity contribution in [1.82, 2.24) is 4.98 Å². The average Bonchev–Trinajstić information content (AvgIpc) is 2.85. The van der Waals surface area contributed by atoms with Gasteiger partial charge in [-0.3, -0.25) is 4.98 Å². The molecule has 0 spiro atoms. The highest BCUT2D eigenvalue weighted by atomic mass is 14.8. The summed E-state index contributed by atoms with van der Waals surface area (Å²) >= 11 is 0. The Morgan fingerprint density at radius 2 is 2.00 bits per heavy atom. The second-order valence-corrected chi connectivity index (χ2v) is 5.22. The molecule has 0 amide bonds. The minimum Gasteiger partial charge on any atom is -0.397 e. The van der Waals surface area contributed by atoms with Crippen molar-refractivity contribution < 1.29 is 0 Å². The van der Waals surface area contributed by atoms with Gasteiger partial charge in [0.05, 0.1) is 11.4 Å². The van der Waals surface area contributed by atoms with E-state index in [1.165, 1.54) is 18.4 Å². The summed E-state index contributed by atoms with van der Waals surface area (Å²) in [6, 6.07) is 2.08. The summed E-state index contributed by atoms with van der Waals surface area (Å²) in [5.41, 5.74) is 9.34. The lowest BCUT2D eigenvalue weighted by Crippen LogP contribution is -2.13. The Labute approximate surface area is 85.5 Å². The van der Waals surface area contributed by atoms with Crippen LogP contribution in [-0.4, -0.2) is 4.98 Å². The van der Waals surface area contributed by atoms with E-state index in [1.54, 1.807) is 0 Å². The van der Waals surface area contributed by atoms with E-state index in [9.17, 15) is 0 Å². The smallest absolute Gasteiger partial charge is 0.0663 e. The van der Waals surface area contributed by atoms with Crippen LogP contribution in [0.25, 0.3) is 0 Å². The summed E-state index contributed by atoms with van der Waals surface area (Å²) in [7, 11) is 0. The molecule has 2 N–H and O–H groups in total. The Kier molecular flexibility index (Phi) is 2.02. The Morgan fingerprint density at radius 3 is 2.43 bits per heavy atom. The summed E-state index contributed by atoms with van der Waals surface area (Å²) in [6.45, 7) is 6.54. The number of nitrogens with two attached hydrogens (primary N) is 1. The number of nitrogen functional groups attached to an aromatic ring is 1. The first-order valence-corrected chi connectivity index (χ1v) is 5.24. The van der Waals surface area contributed by atoms with E-state index in [0.29, 0.717) is 5.92 Å². The van der Waals surface area contributed by atoms with E-state index in [4.69, 9.17) is 5.73 Å². The lowest BCUT2D eigenvalue weighted by Gasteiger charge is -2.19. The summed E-state index contributed by atoms with van der Waals surface area (Å²) < 4.78 is 0. The van der Waals surface area contributed by atoms with Crippen LogP contribution in [0, 0.1) is 0 Å². The van der Waals surface area contributed by atoms with Crippen LogP contribution in [-0.2, 0) is 5.41 Å². The minimum absolute atomic E-state index is 0.142. The number of anilines is 1. The van der Waals surface area contributed by atoms with Gasteiger partial charge in [0.2, 0.25) is 0 Å². The SMILES string of the molecule is CC(C)(C)c1cnc(C2CC2)c(N)c1. The van der Waals surface area contributed by atoms with Crippen LogP contribution in [0.5, 0.6) is 0 Å². The van der Waals surface area contributed by atoms with Gasteiger partial charge in [-0.2, -0.15) is 0 Å². The molecule has 2 rings (SSSR count). The molecular weight excluding hydrogens is 172 g/mol. The van der Waals surface area contributed by atoms with Crippen LogP contribution in [0.15, 0.2) is 12.3 Å². The van der Waals surface area contributed by atoms with Gasteiger partial charge < -0.3 is 5.73 Å². The van der Waals surface area contributed by atoms with Crippen LogP contribution < -0.4 is 5.73 Å². The molecule has 0 aromatic carbocycles. The van der Waals surface area contributed by atoms with Gasteiger partial charge in [-0.1, -0.05) is 20.8 Å². The predicted molar refractivity (Wildman–Crippen MR) is 59.3 cm³/mol. The zero-order valence-corrected chi connectivity index (χ0v) is 9.17. The molecule has 1 fully saturated rings. The molecule has 1 aliphatic carbocycles. The molecule has 2 heteroatoms. The topological polar surface area (TPSA) is 38.9 Å². The molecule has 1 aromatic rings. The quantitative estimate of drug-likeness (QED) is 0.739. The Hall–Kier alpha value is -1.05. The van der Waals surface area contributed by atoms with Crippen molar-refractivity contribution in [2.75, 3.05) is 5.73 Å². The largest absolute Gasteiger partial charge is 0.397 e.